The number of amides is 1. The van der Waals surface area contributed by atoms with Crippen LogP contribution in [0.1, 0.15) is 27.7 Å². The summed E-state index contributed by atoms with van der Waals surface area (Å²) in [6.07, 6.45) is 2.01. The zero-order valence-corrected chi connectivity index (χ0v) is 20.3. The van der Waals surface area contributed by atoms with Gasteiger partial charge in [0.05, 0.1) is 17.0 Å². The first-order valence-corrected chi connectivity index (χ1v) is 12.3. The van der Waals surface area contributed by atoms with Crippen LogP contribution in [-0.4, -0.2) is 12.2 Å². The number of thioether (sulfide) groups is 1. The molecule has 0 saturated carbocycles. The molecule has 5 rings (SSSR count). The van der Waals surface area contributed by atoms with Crippen LogP contribution in [-0.2, 0) is 0 Å². The quantitative estimate of drug-likeness (QED) is 0.261. The summed E-state index contributed by atoms with van der Waals surface area (Å²) < 4.78 is 7.63. The normalized spacial score (nSPS) is 15.5. The third kappa shape index (κ3) is 3.45. The number of benzene rings is 3. The number of carbonyl (C=O) groups excluding carboxylic acids is 1. The number of nitrogens with zero attached hydrogens (tertiary/aromatic N) is 1. The van der Waals surface area contributed by atoms with Crippen molar-refractivity contribution >= 4 is 66.2 Å². The van der Waals surface area contributed by atoms with Gasteiger partial charge in [-0.1, -0.05) is 50.1 Å². The fourth-order valence-electron chi connectivity index (χ4n) is 3.94. The van der Waals surface area contributed by atoms with E-state index < -0.39 is 6.04 Å². The first-order chi connectivity index (χ1) is 15.0. The number of fused-ring (bicyclic) bond motifs is 2. The molecule has 1 aliphatic heterocycles. The van der Waals surface area contributed by atoms with Crippen LogP contribution in [0.2, 0.25) is 0 Å². The number of hydrogen-bond donors (Lipinski definition) is 0. The first kappa shape index (κ1) is 20.5. The van der Waals surface area contributed by atoms with E-state index >= 15 is 0 Å². The lowest BCUT2D eigenvalue weighted by Crippen LogP contribution is -2.29. The first-order valence-electron chi connectivity index (χ1n) is 9.47. The second kappa shape index (κ2) is 7.97. The highest BCUT2D eigenvalue weighted by molar-refractivity contribution is 9.10. The summed E-state index contributed by atoms with van der Waals surface area (Å²) in [6, 6.07) is 20.1. The lowest BCUT2D eigenvalue weighted by Gasteiger charge is -2.25. The minimum Gasteiger partial charge on any atom is -0.450 e. The highest BCUT2D eigenvalue weighted by Gasteiger charge is 2.43. The monoisotopic (exact) mass is 555 g/mol. The van der Waals surface area contributed by atoms with Gasteiger partial charge in [-0.05, 0) is 60.4 Å². The van der Waals surface area contributed by atoms with E-state index in [0.717, 1.165) is 19.4 Å². The summed E-state index contributed by atoms with van der Waals surface area (Å²) in [5.74, 6) is -0.229. The zero-order valence-electron chi connectivity index (χ0n) is 16.3. The van der Waals surface area contributed by atoms with Gasteiger partial charge in [0, 0.05) is 19.5 Å². The highest BCUT2D eigenvalue weighted by atomic mass is 79.9. The van der Waals surface area contributed by atoms with E-state index in [0.29, 0.717) is 22.2 Å². The van der Waals surface area contributed by atoms with Crippen LogP contribution in [0.25, 0.3) is 11.0 Å². The second-order valence-electron chi connectivity index (χ2n) is 7.15. The Kier molecular flexibility index (Phi) is 5.28. The smallest absolute Gasteiger partial charge is 0.295 e. The molecular weight excluding hydrogens is 542 g/mol. The zero-order chi connectivity index (χ0) is 21.7. The third-order valence-electron chi connectivity index (χ3n) is 5.35. The molecular formula is C24H15Br2NO3S. The van der Waals surface area contributed by atoms with E-state index in [4.69, 9.17) is 4.42 Å². The van der Waals surface area contributed by atoms with Gasteiger partial charge >= 0.3 is 0 Å². The van der Waals surface area contributed by atoms with Gasteiger partial charge in [0.25, 0.3) is 5.91 Å². The molecule has 1 atom stereocenters. The van der Waals surface area contributed by atoms with Crippen molar-refractivity contribution in [1.29, 1.82) is 0 Å². The van der Waals surface area contributed by atoms with Crippen molar-refractivity contribution < 1.29 is 9.21 Å². The molecule has 0 N–H and O–H groups in total. The molecule has 0 radical (unpaired) electrons. The molecule has 31 heavy (non-hydrogen) atoms. The van der Waals surface area contributed by atoms with Gasteiger partial charge in [-0.15, -0.1) is 11.8 Å². The Bertz CT molecular complexity index is 1400. The van der Waals surface area contributed by atoms with Crippen LogP contribution >= 0.6 is 43.6 Å². The maximum Gasteiger partial charge on any atom is 0.295 e. The molecule has 4 aromatic rings. The molecule has 3 aromatic carbocycles. The molecule has 0 fully saturated rings. The molecule has 4 nitrogen and oxygen atoms in total. The summed E-state index contributed by atoms with van der Waals surface area (Å²) in [7, 11) is 0. The summed E-state index contributed by atoms with van der Waals surface area (Å²) in [5, 5.41) is 0.447. The molecule has 2 heterocycles. The van der Waals surface area contributed by atoms with Gasteiger partial charge in [0.1, 0.15) is 5.58 Å². The van der Waals surface area contributed by atoms with E-state index in [1.807, 2.05) is 54.8 Å². The summed E-state index contributed by atoms with van der Waals surface area (Å²) >= 11 is 8.55. The minimum atomic E-state index is -0.577. The SMILES string of the molecule is CSc1ccc(C2c3c(oc4ccc(Br)cc4c3=O)C(=O)N2c2cccc(Br)c2)cc1. The van der Waals surface area contributed by atoms with Crippen LogP contribution in [0.15, 0.2) is 89.8 Å². The average molecular weight is 557 g/mol. The van der Waals surface area contributed by atoms with E-state index in [-0.39, 0.29) is 17.1 Å². The standard InChI is InChI=1S/C24H15Br2NO3S/c1-31-17-8-5-13(6-9-17)21-20-22(28)18-12-15(26)7-10-19(18)30-23(20)24(29)27(21)16-4-2-3-14(25)11-16/h2-12,21H,1H3. The minimum absolute atomic E-state index is 0.0961. The van der Waals surface area contributed by atoms with Crippen molar-refractivity contribution in [3.63, 3.8) is 0 Å². The van der Waals surface area contributed by atoms with Gasteiger partial charge in [-0.3, -0.25) is 14.5 Å². The Labute approximate surface area is 199 Å². The number of anilines is 1. The van der Waals surface area contributed by atoms with E-state index in [1.54, 1.807) is 34.9 Å². The highest BCUT2D eigenvalue weighted by Crippen LogP contribution is 2.42. The molecule has 7 heteroatoms. The molecule has 0 saturated heterocycles. The van der Waals surface area contributed by atoms with Crippen molar-refractivity contribution in [1.82, 2.24) is 0 Å². The van der Waals surface area contributed by atoms with Crippen LogP contribution in [0, 0.1) is 0 Å². The molecule has 1 amide bonds. The molecule has 0 bridgehead atoms. The van der Waals surface area contributed by atoms with Gasteiger partial charge < -0.3 is 4.42 Å². The molecule has 154 valence electrons. The van der Waals surface area contributed by atoms with Crippen LogP contribution in [0.3, 0.4) is 0 Å². The molecule has 1 aliphatic rings. The van der Waals surface area contributed by atoms with Gasteiger partial charge in [0.15, 0.2) is 5.43 Å². The van der Waals surface area contributed by atoms with Crippen LogP contribution < -0.4 is 10.3 Å². The Morgan fingerprint density at radius 1 is 0.935 bits per heavy atom. The maximum absolute atomic E-state index is 13.6. The van der Waals surface area contributed by atoms with Gasteiger partial charge in [-0.25, -0.2) is 0 Å². The largest absolute Gasteiger partial charge is 0.450 e. The lowest BCUT2D eigenvalue weighted by atomic mass is 9.98. The molecule has 1 unspecified atom stereocenters. The number of hydrogen-bond acceptors (Lipinski definition) is 4. The predicted octanol–water partition coefficient (Wildman–Crippen LogP) is 6.79. The third-order valence-corrected chi connectivity index (χ3v) is 7.08. The second-order valence-corrected chi connectivity index (χ2v) is 9.86. The summed E-state index contributed by atoms with van der Waals surface area (Å²) in [4.78, 5) is 29.9. The van der Waals surface area contributed by atoms with Gasteiger partial charge in [-0.2, -0.15) is 0 Å². The summed E-state index contributed by atoms with van der Waals surface area (Å²) in [5.41, 5.74) is 2.11. The summed E-state index contributed by atoms with van der Waals surface area (Å²) in [6.45, 7) is 0. The van der Waals surface area contributed by atoms with E-state index in [9.17, 15) is 9.59 Å². The van der Waals surface area contributed by atoms with E-state index in [1.165, 1.54) is 0 Å². The molecule has 0 spiro atoms. The Hall–Kier alpha value is -2.35. The number of halogens is 2. The average Bonchev–Trinajstić information content (AvgIpc) is 3.07. The Morgan fingerprint density at radius 2 is 1.68 bits per heavy atom. The van der Waals surface area contributed by atoms with Crippen molar-refractivity contribution in [3.05, 3.63) is 103 Å². The van der Waals surface area contributed by atoms with E-state index in [2.05, 4.69) is 31.9 Å². The van der Waals surface area contributed by atoms with Crippen molar-refractivity contribution in [2.24, 2.45) is 0 Å². The molecule has 0 aliphatic carbocycles. The van der Waals surface area contributed by atoms with Crippen LogP contribution in [0.4, 0.5) is 5.69 Å². The molecule has 1 aromatic heterocycles. The van der Waals surface area contributed by atoms with Crippen molar-refractivity contribution in [2.45, 2.75) is 10.9 Å². The number of carbonyl (C=O) groups is 1. The fourth-order valence-corrected chi connectivity index (χ4v) is 5.10. The van der Waals surface area contributed by atoms with Crippen LogP contribution in [0.5, 0.6) is 0 Å². The van der Waals surface area contributed by atoms with Gasteiger partial charge in [0.2, 0.25) is 5.76 Å². The Morgan fingerprint density at radius 3 is 2.39 bits per heavy atom. The van der Waals surface area contributed by atoms with Crippen molar-refractivity contribution in [2.75, 3.05) is 11.2 Å². The maximum atomic E-state index is 13.6. The Balaban J connectivity index is 1.80. The topological polar surface area (TPSA) is 50.5 Å². The number of rotatable bonds is 3. The fraction of sp³-hybridized carbons (Fsp3) is 0.0833. The predicted molar refractivity (Wildman–Crippen MR) is 131 cm³/mol. The lowest BCUT2D eigenvalue weighted by molar-refractivity contribution is 0.0971. The van der Waals surface area contributed by atoms with Crippen molar-refractivity contribution in [3.8, 4) is 0 Å².